The van der Waals surface area contributed by atoms with E-state index in [4.69, 9.17) is 4.74 Å². The Morgan fingerprint density at radius 1 is 1.00 bits per heavy atom. The first-order valence-corrected chi connectivity index (χ1v) is 8.03. The monoisotopic (exact) mass is 335 g/mol. The van der Waals surface area contributed by atoms with Crippen molar-refractivity contribution in [3.63, 3.8) is 0 Å². The number of benzene rings is 2. The molecule has 0 spiro atoms. The summed E-state index contributed by atoms with van der Waals surface area (Å²) in [5, 5.41) is 3.37. The van der Waals surface area contributed by atoms with Gasteiger partial charge in [-0.2, -0.15) is 13.2 Å². The number of halogens is 3. The highest BCUT2D eigenvalue weighted by Crippen LogP contribution is 2.30. The number of ether oxygens (including phenoxy) is 1. The highest BCUT2D eigenvalue weighted by molar-refractivity contribution is 5.25. The Morgan fingerprint density at radius 2 is 1.79 bits per heavy atom. The molecule has 1 N–H and O–H groups in total. The molecule has 1 aliphatic rings. The second kappa shape index (κ2) is 7.36. The maximum atomic E-state index is 12.7. The van der Waals surface area contributed by atoms with Crippen LogP contribution in [0, 0.1) is 5.92 Å². The Labute approximate surface area is 139 Å². The first kappa shape index (κ1) is 17.0. The van der Waals surface area contributed by atoms with Crippen molar-refractivity contribution in [3.8, 4) is 0 Å². The summed E-state index contributed by atoms with van der Waals surface area (Å²) >= 11 is 0. The van der Waals surface area contributed by atoms with Gasteiger partial charge < -0.3 is 10.1 Å². The molecular formula is C19H20F3NO. The maximum absolute atomic E-state index is 12.7. The lowest BCUT2D eigenvalue weighted by atomic mass is 9.89. The molecule has 0 bridgehead atoms. The number of hydrogen-bond acceptors (Lipinski definition) is 2. The minimum atomic E-state index is -4.32. The van der Waals surface area contributed by atoms with Crippen molar-refractivity contribution in [1.29, 1.82) is 0 Å². The lowest BCUT2D eigenvalue weighted by Crippen LogP contribution is -2.17. The van der Waals surface area contributed by atoms with E-state index in [0.29, 0.717) is 24.0 Å². The number of rotatable bonds is 5. The van der Waals surface area contributed by atoms with E-state index in [9.17, 15) is 13.2 Å². The molecule has 0 aromatic heterocycles. The van der Waals surface area contributed by atoms with Crippen LogP contribution in [0.4, 0.5) is 13.2 Å². The Morgan fingerprint density at radius 3 is 2.54 bits per heavy atom. The van der Waals surface area contributed by atoms with Gasteiger partial charge in [-0.1, -0.05) is 42.5 Å². The molecule has 2 aromatic carbocycles. The molecule has 0 radical (unpaired) electrons. The molecule has 1 fully saturated rings. The average Bonchev–Trinajstić information content (AvgIpc) is 3.04. The van der Waals surface area contributed by atoms with E-state index >= 15 is 0 Å². The van der Waals surface area contributed by atoms with Gasteiger partial charge >= 0.3 is 6.18 Å². The molecule has 0 amide bonds. The van der Waals surface area contributed by atoms with Crippen molar-refractivity contribution in [2.24, 2.45) is 5.92 Å². The molecule has 2 atom stereocenters. The first-order valence-electron chi connectivity index (χ1n) is 8.03. The van der Waals surface area contributed by atoms with Crippen LogP contribution < -0.4 is 5.32 Å². The molecule has 1 saturated heterocycles. The highest BCUT2D eigenvalue weighted by Gasteiger charge is 2.31. The molecule has 0 aliphatic carbocycles. The molecule has 5 heteroatoms. The number of nitrogens with one attached hydrogen (secondary N) is 1. The summed E-state index contributed by atoms with van der Waals surface area (Å²) in [5.41, 5.74) is 1.19. The Hall–Kier alpha value is -1.85. The lowest BCUT2D eigenvalue weighted by Gasteiger charge is -2.19. The van der Waals surface area contributed by atoms with Gasteiger partial charge in [0.2, 0.25) is 0 Å². The van der Waals surface area contributed by atoms with Crippen LogP contribution in [0.2, 0.25) is 0 Å². The normalized spacial score (nSPS) is 21.1. The van der Waals surface area contributed by atoms with Crippen molar-refractivity contribution in [1.82, 2.24) is 5.32 Å². The van der Waals surface area contributed by atoms with Gasteiger partial charge in [0, 0.05) is 24.9 Å². The van der Waals surface area contributed by atoms with Crippen molar-refractivity contribution < 1.29 is 17.9 Å². The zero-order valence-corrected chi connectivity index (χ0v) is 13.2. The second-order valence-corrected chi connectivity index (χ2v) is 6.15. The third kappa shape index (κ3) is 4.16. The van der Waals surface area contributed by atoms with Gasteiger partial charge in [0.25, 0.3) is 0 Å². The third-order valence-corrected chi connectivity index (χ3v) is 4.42. The molecule has 24 heavy (non-hydrogen) atoms. The van der Waals surface area contributed by atoms with Crippen LogP contribution in [-0.4, -0.2) is 19.7 Å². The molecule has 0 saturated carbocycles. The van der Waals surface area contributed by atoms with E-state index in [-0.39, 0.29) is 6.61 Å². The van der Waals surface area contributed by atoms with Crippen LogP contribution in [0.15, 0.2) is 54.6 Å². The standard InChI is InChI=1S/C19H20F3NO/c20-19(21,22)17-8-4-5-14(9-17)12-24-13-16-10-23-11-18(16)15-6-2-1-3-7-15/h1-9,16,18,23H,10-13H2/t16-,18+/m1/s1. The van der Waals surface area contributed by atoms with E-state index in [1.807, 2.05) is 18.2 Å². The summed E-state index contributed by atoms with van der Waals surface area (Å²) in [6.07, 6.45) is -4.32. The molecule has 2 nitrogen and oxygen atoms in total. The zero-order chi connectivity index (χ0) is 17.0. The molecule has 2 aromatic rings. The smallest absolute Gasteiger partial charge is 0.376 e. The van der Waals surface area contributed by atoms with Gasteiger partial charge in [-0.05, 0) is 23.3 Å². The Bertz CT molecular complexity index is 657. The number of hydrogen-bond donors (Lipinski definition) is 1. The molecule has 3 rings (SSSR count). The first-order chi connectivity index (χ1) is 11.5. The average molecular weight is 335 g/mol. The predicted octanol–water partition coefficient (Wildman–Crippen LogP) is 4.23. The van der Waals surface area contributed by atoms with Gasteiger partial charge in [-0.15, -0.1) is 0 Å². The topological polar surface area (TPSA) is 21.3 Å². The van der Waals surface area contributed by atoms with E-state index in [1.165, 1.54) is 11.6 Å². The van der Waals surface area contributed by atoms with Crippen molar-refractivity contribution in [3.05, 3.63) is 71.3 Å². The summed E-state index contributed by atoms with van der Waals surface area (Å²) in [6.45, 7) is 2.49. The second-order valence-electron chi connectivity index (χ2n) is 6.15. The van der Waals surface area contributed by atoms with Crippen molar-refractivity contribution in [2.75, 3.05) is 19.7 Å². The fraction of sp³-hybridized carbons (Fsp3) is 0.368. The molecule has 0 unspecified atom stereocenters. The van der Waals surface area contributed by atoms with E-state index in [2.05, 4.69) is 17.4 Å². The summed E-state index contributed by atoms with van der Waals surface area (Å²) in [5.74, 6) is 0.714. The summed E-state index contributed by atoms with van der Waals surface area (Å²) in [6, 6.07) is 15.6. The van der Waals surface area contributed by atoms with E-state index in [1.54, 1.807) is 6.07 Å². The van der Waals surface area contributed by atoms with Gasteiger partial charge in [0.15, 0.2) is 0 Å². The fourth-order valence-electron chi connectivity index (χ4n) is 3.16. The van der Waals surface area contributed by atoms with E-state index in [0.717, 1.165) is 25.2 Å². The van der Waals surface area contributed by atoms with Crippen LogP contribution in [-0.2, 0) is 17.5 Å². The summed E-state index contributed by atoms with van der Waals surface area (Å²) in [7, 11) is 0. The van der Waals surface area contributed by atoms with Gasteiger partial charge in [-0.25, -0.2) is 0 Å². The van der Waals surface area contributed by atoms with Crippen LogP contribution in [0.5, 0.6) is 0 Å². The molecule has 1 aliphatic heterocycles. The predicted molar refractivity (Wildman–Crippen MR) is 86.6 cm³/mol. The summed E-state index contributed by atoms with van der Waals surface area (Å²) in [4.78, 5) is 0. The van der Waals surface area contributed by atoms with Gasteiger partial charge in [0.05, 0.1) is 18.8 Å². The summed E-state index contributed by atoms with van der Waals surface area (Å²) < 4.78 is 43.9. The minimum Gasteiger partial charge on any atom is -0.376 e. The SMILES string of the molecule is FC(F)(F)c1cccc(COC[C@H]2CNC[C@H]2c2ccccc2)c1. The molecule has 128 valence electrons. The largest absolute Gasteiger partial charge is 0.416 e. The van der Waals surface area contributed by atoms with Gasteiger partial charge in [0.1, 0.15) is 0 Å². The Balaban J connectivity index is 1.56. The lowest BCUT2D eigenvalue weighted by molar-refractivity contribution is -0.137. The zero-order valence-electron chi connectivity index (χ0n) is 13.2. The van der Waals surface area contributed by atoms with Gasteiger partial charge in [-0.3, -0.25) is 0 Å². The molecular weight excluding hydrogens is 315 g/mol. The van der Waals surface area contributed by atoms with Crippen LogP contribution in [0.25, 0.3) is 0 Å². The van der Waals surface area contributed by atoms with Crippen LogP contribution in [0.3, 0.4) is 0 Å². The van der Waals surface area contributed by atoms with Crippen molar-refractivity contribution >= 4 is 0 Å². The minimum absolute atomic E-state index is 0.196. The molecule has 1 heterocycles. The van der Waals surface area contributed by atoms with E-state index < -0.39 is 11.7 Å². The quantitative estimate of drug-likeness (QED) is 0.883. The fourth-order valence-corrected chi connectivity index (χ4v) is 3.16. The Kier molecular flexibility index (Phi) is 5.21. The van der Waals surface area contributed by atoms with Crippen LogP contribution in [0.1, 0.15) is 22.6 Å². The third-order valence-electron chi connectivity index (χ3n) is 4.42. The van der Waals surface area contributed by atoms with Crippen molar-refractivity contribution in [2.45, 2.75) is 18.7 Å². The highest BCUT2D eigenvalue weighted by atomic mass is 19.4. The number of alkyl halides is 3. The maximum Gasteiger partial charge on any atom is 0.416 e. The van der Waals surface area contributed by atoms with Crippen LogP contribution >= 0.6 is 0 Å².